The molecule has 0 aliphatic rings. The molecule has 3 nitrogen and oxygen atoms in total. The average Bonchev–Trinajstić information content (AvgIpc) is 2.25. The Morgan fingerprint density at radius 3 is 2.75 bits per heavy atom. The van der Waals surface area contributed by atoms with Crippen LogP contribution >= 0.6 is 0 Å². The molecule has 16 heavy (non-hydrogen) atoms. The minimum atomic E-state index is -1.05. The van der Waals surface area contributed by atoms with Crippen molar-refractivity contribution in [3.8, 4) is 0 Å². The maximum absolute atomic E-state index is 13.6. The van der Waals surface area contributed by atoms with Crippen LogP contribution in [0.4, 0.5) is 10.1 Å². The Balaban J connectivity index is 2.95. The second-order valence-electron chi connectivity index (χ2n) is 3.40. The third kappa shape index (κ3) is 3.08. The van der Waals surface area contributed by atoms with E-state index < -0.39 is 5.97 Å². The van der Waals surface area contributed by atoms with E-state index in [1.54, 1.807) is 24.1 Å². The van der Waals surface area contributed by atoms with Crippen molar-refractivity contribution in [1.29, 1.82) is 0 Å². The standard InChI is InChI=1S/C12H14FNO2/c1-3-14(2)11-6-4-9(8-10(11)13)5-7-12(15)16/h4-8H,3H2,1-2H3,(H,15,16)/b7-5+. The minimum Gasteiger partial charge on any atom is -0.478 e. The number of carboxylic acids is 1. The summed E-state index contributed by atoms with van der Waals surface area (Å²) in [6.45, 7) is 2.64. The molecule has 0 aromatic heterocycles. The van der Waals surface area contributed by atoms with Gasteiger partial charge in [-0.3, -0.25) is 0 Å². The summed E-state index contributed by atoms with van der Waals surface area (Å²) in [5.41, 5.74) is 1.04. The first-order valence-electron chi connectivity index (χ1n) is 4.96. The zero-order valence-electron chi connectivity index (χ0n) is 9.27. The first-order valence-corrected chi connectivity index (χ1v) is 4.96. The molecule has 86 valence electrons. The van der Waals surface area contributed by atoms with Gasteiger partial charge in [0.2, 0.25) is 0 Å². The van der Waals surface area contributed by atoms with E-state index in [0.29, 0.717) is 17.8 Å². The predicted octanol–water partition coefficient (Wildman–Crippen LogP) is 2.38. The lowest BCUT2D eigenvalue weighted by Gasteiger charge is -2.17. The Kier molecular flexibility index (Phi) is 4.05. The highest BCUT2D eigenvalue weighted by Gasteiger charge is 2.05. The van der Waals surface area contributed by atoms with Gasteiger partial charge in [-0.05, 0) is 30.7 Å². The molecule has 0 aliphatic carbocycles. The number of anilines is 1. The molecule has 0 amide bonds. The van der Waals surface area contributed by atoms with Crippen LogP contribution in [0.5, 0.6) is 0 Å². The highest BCUT2D eigenvalue weighted by atomic mass is 19.1. The van der Waals surface area contributed by atoms with E-state index in [-0.39, 0.29) is 5.82 Å². The molecule has 1 aromatic carbocycles. The SMILES string of the molecule is CCN(C)c1ccc(/C=C/C(=O)O)cc1F. The number of benzene rings is 1. The highest BCUT2D eigenvalue weighted by Crippen LogP contribution is 2.19. The second-order valence-corrected chi connectivity index (χ2v) is 3.40. The first kappa shape index (κ1) is 12.2. The number of carboxylic acid groups (broad SMARTS) is 1. The van der Waals surface area contributed by atoms with Gasteiger partial charge in [-0.15, -0.1) is 0 Å². The Hall–Kier alpha value is -1.84. The van der Waals surface area contributed by atoms with Crippen molar-refractivity contribution >= 4 is 17.7 Å². The maximum Gasteiger partial charge on any atom is 0.328 e. The van der Waals surface area contributed by atoms with Gasteiger partial charge >= 0.3 is 5.97 Å². The van der Waals surface area contributed by atoms with Gasteiger partial charge in [-0.25, -0.2) is 9.18 Å². The van der Waals surface area contributed by atoms with Crippen LogP contribution in [0, 0.1) is 5.82 Å². The van der Waals surface area contributed by atoms with Crippen LogP contribution < -0.4 is 4.90 Å². The second kappa shape index (κ2) is 5.30. The van der Waals surface area contributed by atoms with Crippen LogP contribution in [0.25, 0.3) is 6.08 Å². The van der Waals surface area contributed by atoms with E-state index in [1.807, 2.05) is 6.92 Å². The van der Waals surface area contributed by atoms with E-state index in [9.17, 15) is 9.18 Å². The van der Waals surface area contributed by atoms with Crippen LogP contribution in [0.3, 0.4) is 0 Å². The van der Waals surface area contributed by atoms with Gasteiger partial charge in [0.15, 0.2) is 0 Å². The minimum absolute atomic E-state index is 0.350. The number of nitrogens with zero attached hydrogens (tertiary/aromatic N) is 1. The van der Waals surface area contributed by atoms with E-state index in [2.05, 4.69) is 0 Å². The number of hydrogen-bond donors (Lipinski definition) is 1. The number of hydrogen-bond acceptors (Lipinski definition) is 2. The summed E-state index contributed by atoms with van der Waals surface area (Å²) in [7, 11) is 1.80. The maximum atomic E-state index is 13.6. The molecule has 0 bridgehead atoms. The fourth-order valence-corrected chi connectivity index (χ4v) is 1.27. The third-order valence-corrected chi connectivity index (χ3v) is 2.28. The van der Waals surface area contributed by atoms with Crippen LogP contribution in [0.1, 0.15) is 12.5 Å². The van der Waals surface area contributed by atoms with E-state index in [1.165, 1.54) is 12.1 Å². The zero-order valence-corrected chi connectivity index (χ0v) is 9.27. The third-order valence-electron chi connectivity index (χ3n) is 2.28. The summed E-state index contributed by atoms with van der Waals surface area (Å²) in [6, 6.07) is 4.64. The normalized spacial score (nSPS) is 10.7. The monoisotopic (exact) mass is 223 g/mol. The van der Waals surface area contributed by atoms with Crippen molar-refractivity contribution in [3.63, 3.8) is 0 Å². The summed E-state index contributed by atoms with van der Waals surface area (Å²) in [4.78, 5) is 12.1. The lowest BCUT2D eigenvalue weighted by molar-refractivity contribution is -0.131. The summed E-state index contributed by atoms with van der Waals surface area (Å²) in [5.74, 6) is -1.40. The van der Waals surface area contributed by atoms with Crippen LogP contribution in [-0.4, -0.2) is 24.7 Å². The summed E-state index contributed by atoms with van der Waals surface area (Å²) < 4.78 is 13.6. The fourth-order valence-electron chi connectivity index (χ4n) is 1.27. The quantitative estimate of drug-likeness (QED) is 0.797. The molecule has 0 heterocycles. The van der Waals surface area contributed by atoms with Gasteiger partial charge in [0, 0.05) is 19.7 Å². The first-order chi connectivity index (χ1) is 7.54. The van der Waals surface area contributed by atoms with E-state index in [0.717, 1.165) is 6.08 Å². The Bertz CT molecular complexity index is 415. The average molecular weight is 223 g/mol. The highest BCUT2D eigenvalue weighted by molar-refractivity contribution is 5.85. The Morgan fingerprint density at radius 1 is 1.56 bits per heavy atom. The molecule has 0 spiro atoms. The molecular formula is C12H14FNO2. The van der Waals surface area contributed by atoms with Crippen molar-refractivity contribution in [3.05, 3.63) is 35.7 Å². The van der Waals surface area contributed by atoms with Crippen molar-refractivity contribution in [2.45, 2.75) is 6.92 Å². The van der Waals surface area contributed by atoms with Gasteiger partial charge in [0.05, 0.1) is 5.69 Å². The number of rotatable bonds is 4. The van der Waals surface area contributed by atoms with Gasteiger partial charge in [-0.1, -0.05) is 6.07 Å². The lowest BCUT2D eigenvalue weighted by Crippen LogP contribution is -2.17. The van der Waals surface area contributed by atoms with Crippen molar-refractivity contribution < 1.29 is 14.3 Å². The summed E-state index contributed by atoms with van der Waals surface area (Å²) in [6.07, 6.45) is 2.35. The summed E-state index contributed by atoms with van der Waals surface area (Å²) >= 11 is 0. The van der Waals surface area contributed by atoms with Crippen molar-refractivity contribution in [2.24, 2.45) is 0 Å². The molecule has 0 aliphatic heterocycles. The number of carbonyl (C=O) groups is 1. The van der Waals surface area contributed by atoms with Crippen LogP contribution in [0.2, 0.25) is 0 Å². The number of halogens is 1. The lowest BCUT2D eigenvalue weighted by atomic mass is 10.1. The molecular weight excluding hydrogens is 209 g/mol. The molecule has 1 N–H and O–H groups in total. The molecule has 0 radical (unpaired) electrons. The topological polar surface area (TPSA) is 40.5 Å². The molecule has 0 saturated heterocycles. The van der Waals surface area contributed by atoms with Gasteiger partial charge in [0.1, 0.15) is 5.82 Å². The van der Waals surface area contributed by atoms with Crippen molar-refractivity contribution in [1.82, 2.24) is 0 Å². The predicted molar refractivity (Wildman–Crippen MR) is 62.0 cm³/mol. The summed E-state index contributed by atoms with van der Waals surface area (Å²) in [5, 5.41) is 8.44. The van der Waals surface area contributed by atoms with Gasteiger partial charge < -0.3 is 10.0 Å². The molecule has 4 heteroatoms. The van der Waals surface area contributed by atoms with Gasteiger partial charge in [0.25, 0.3) is 0 Å². The molecule has 1 rings (SSSR count). The number of aliphatic carboxylic acids is 1. The Morgan fingerprint density at radius 2 is 2.25 bits per heavy atom. The smallest absolute Gasteiger partial charge is 0.328 e. The molecule has 0 unspecified atom stereocenters. The Labute approximate surface area is 93.8 Å². The van der Waals surface area contributed by atoms with Gasteiger partial charge in [-0.2, -0.15) is 0 Å². The molecule has 0 saturated carbocycles. The van der Waals surface area contributed by atoms with Crippen LogP contribution in [0.15, 0.2) is 24.3 Å². The van der Waals surface area contributed by atoms with E-state index in [4.69, 9.17) is 5.11 Å². The fraction of sp³-hybridized carbons (Fsp3) is 0.250. The van der Waals surface area contributed by atoms with Crippen molar-refractivity contribution in [2.75, 3.05) is 18.5 Å². The van der Waals surface area contributed by atoms with E-state index >= 15 is 0 Å². The van der Waals surface area contributed by atoms with Crippen LogP contribution in [-0.2, 0) is 4.79 Å². The molecule has 1 aromatic rings. The molecule has 0 atom stereocenters. The molecule has 0 fully saturated rings. The zero-order chi connectivity index (χ0) is 12.1. The largest absolute Gasteiger partial charge is 0.478 e.